The van der Waals surface area contributed by atoms with Crippen LogP contribution >= 0.6 is 11.6 Å². The van der Waals surface area contributed by atoms with Crippen LogP contribution in [0.4, 0.5) is 4.39 Å². The molecule has 4 nitrogen and oxygen atoms in total. The first kappa shape index (κ1) is 19.2. The monoisotopic (exact) mass is 348 g/mol. The fraction of sp³-hybridized carbons (Fsp3) is 0.533. The maximum Gasteiger partial charge on any atom is 0.231 e. The lowest BCUT2D eigenvalue weighted by atomic mass is 10.0. The summed E-state index contributed by atoms with van der Waals surface area (Å²) in [5, 5.41) is 8.69. The predicted octanol–water partition coefficient (Wildman–Crippen LogP) is 3.30. The number of aromatic nitrogens is 1. The maximum absolute atomic E-state index is 13.6. The largest absolute Gasteiger partial charge is 0.392 e. The van der Waals surface area contributed by atoms with Crippen LogP contribution in [-0.2, 0) is 11.0 Å². The normalized spacial score (nSPS) is 15.2. The van der Waals surface area contributed by atoms with Gasteiger partial charge in [0.1, 0.15) is 5.02 Å². The molecule has 0 fully saturated rings. The van der Waals surface area contributed by atoms with Gasteiger partial charge in [0, 0.05) is 12.2 Å². The Labute approximate surface area is 138 Å². The van der Waals surface area contributed by atoms with E-state index in [0.29, 0.717) is 18.4 Å². The van der Waals surface area contributed by atoms with Crippen LogP contribution in [0, 0.1) is 5.95 Å². The van der Waals surface area contributed by atoms with E-state index in [2.05, 4.69) is 9.71 Å². The molecule has 0 aliphatic rings. The molecule has 0 spiro atoms. The van der Waals surface area contributed by atoms with Crippen LogP contribution in [0.3, 0.4) is 0 Å². The first-order chi connectivity index (χ1) is 10.3. The van der Waals surface area contributed by atoms with Crippen LogP contribution in [0.5, 0.6) is 0 Å². The third-order valence-corrected chi connectivity index (χ3v) is 4.94. The number of hydrogen-bond donors (Lipinski definition) is 2. The second-order valence-electron chi connectivity index (χ2n) is 5.79. The average molecular weight is 349 g/mol. The molecule has 1 heterocycles. The average Bonchev–Trinajstić information content (AvgIpc) is 2.44. The number of aliphatic hydroxyl groups is 1. The van der Waals surface area contributed by atoms with E-state index in [1.165, 1.54) is 6.20 Å². The number of halogens is 2. The molecule has 1 aromatic rings. The van der Waals surface area contributed by atoms with E-state index in [4.69, 9.17) is 16.7 Å². The van der Waals surface area contributed by atoms with Crippen LogP contribution in [0.2, 0.25) is 5.02 Å². The van der Waals surface area contributed by atoms with Crippen molar-refractivity contribution in [3.63, 3.8) is 0 Å². The fourth-order valence-electron chi connectivity index (χ4n) is 1.74. The van der Waals surface area contributed by atoms with Gasteiger partial charge in [0.05, 0.1) is 22.3 Å². The summed E-state index contributed by atoms with van der Waals surface area (Å²) in [4.78, 5) is 3.51. The molecule has 124 valence electrons. The first-order valence-corrected chi connectivity index (χ1v) is 8.54. The topological polar surface area (TPSA) is 62.2 Å². The van der Waals surface area contributed by atoms with Crippen molar-refractivity contribution in [3.05, 3.63) is 40.9 Å². The Kier molecular flexibility index (Phi) is 7.62. The van der Waals surface area contributed by atoms with Gasteiger partial charge in [0.25, 0.3) is 0 Å². The minimum atomic E-state index is -1.31. The van der Waals surface area contributed by atoms with Gasteiger partial charge < -0.3 is 5.11 Å². The Morgan fingerprint density at radius 3 is 2.77 bits per heavy atom. The highest BCUT2D eigenvalue weighted by molar-refractivity contribution is 7.84. The lowest BCUT2D eigenvalue weighted by Crippen LogP contribution is -2.36. The molecule has 0 amide bonds. The molecule has 0 aliphatic carbocycles. The standard InChI is InChI=1S/C15H22ClFN2O2S/c1-15(2,3)22(21)19-12(7-5-4-6-10-20)11-8-9-18-14(17)13(11)16/h4,6,8-9,12,19-20H,5,7,10H2,1-3H3/b6-4+/t12-,22+/m1/s1. The number of allylic oxidation sites excluding steroid dienone is 1. The smallest absolute Gasteiger partial charge is 0.231 e. The summed E-state index contributed by atoms with van der Waals surface area (Å²) in [6.45, 7) is 5.53. The molecule has 1 rings (SSSR count). The van der Waals surface area contributed by atoms with E-state index in [-0.39, 0.29) is 17.7 Å². The lowest BCUT2D eigenvalue weighted by Gasteiger charge is -2.25. The van der Waals surface area contributed by atoms with Gasteiger partial charge in [0.15, 0.2) is 0 Å². The third kappa shape index (κ3) is 5.76. The Hall–Kier alpha value is -0.820. The summed E-state index contributed by atoms with van der Waals surface area (Å²) >= 11 is 5.99. The number of aliphatic hydroxyl groups excluding tert-OH is 1. The molecule has 7 heteroatoms. The summed E-state index contributed by atoms with van der Waals surface area (Å²) in [6, 6.07) is 1.26. The van der Waals surface area contributed by atoms with Crippen molar-refractivity contribution in [1.29, 1.82) is 0 Å². The van der Waals surface area contributed by atoms with Gasteiger partial charge in [-0.3, -0.25) is 0 Å². The Morgan fingerprint density at radius 2 is 2.18 bits per heavy atom. The lowest BCUT2D eigenvalue weighted by molar-refractivity contribution is 0.342. The van der Waals surface area contributed by atoms with Crippen LogP contribution in [0.1, 0.15) is 45.2 Å². The number of rotatable bonds is 7. The highest BCUT2D eigenvalue weighted by atomic mass is 35.5. The number of pyridine rings is 1. The Morgan fingerprint density at radius 1 is 1.50 bits per heavy atom. The molecule has 0 unspecified atom stereocenters. The van der Waals surface area contributed by atoms with Crippen molar-refractivity contribution in [3.8, 4) is 0 Å². The molecule has 2 N–H and O–H groups in total. The van der Waals surface area contributed by atoms with Crippen LogP contribution in [0.25, 0.3) is 0 Å². The SMILES string of the molecule is CC(C)(C)[S@](=O)N[C@H](CC/C=C/CO)c1ccnc(F)c1Cl. The summed E-state index contributed by atoms with van der Waals surface area (Å²) < 4.78 is 28.5. The van der Waals surface area contributed by atoms with Gasteiger partial charge in [-0.2, -0.15) is 4.39 Å². The van der Waals surface area contributed by atoms with Crippen molar-refractivity contribution < 1.29 is 13.7 Å². The quantitative estimate of drug-likeness (QED) is 0.587. The van der Waals surface area contributed by atoms with Crippen LogP contribution in [-0.4, -0.2) is 25.7 Å². The van der Waals surface area contributed by atoms with E-state index in [1.807, 2.05) is 26.8 Å². The molecule has 0 saturated heterocycles. The molecule has 0 aromatic carbocycles. The molecular weight excluding hydrogens is 327 g/mol. The molecule has 0 saturated carbocycles. The minimum absolute atomic E-state index is 0.0311. The van der Waals surface area contributed by atoms with Crippen molar-refractivity contribution in [2.75, 3.05) is 6.61 Å². The second-order valence-corrected chi connectivity index (χ2v) is 8.16. The first-order valence-electron chi connectivity index (χ1n) is 7.01. The number of hydrogen-bond acceptors (Lipinski definition) is 3. The van der Waals surface area contributed by atoms with E-state index >= 15 is 0 Å². The highest BCUT2D eigenvalue weighted by Gasteiger charge is 2.25. The summed E-state index contributed by atoms with van der Waals surface area (Å²) in [7, 11) is -1.31. The highest BCUT2D eigenvalue weighted by Crippen LogP contribution is 2.28. The maximum atomic E-state index is 13.6. The van der Waals surface area contributed by atoms with Crippen LogP contribution < -0.4 is 4.72 Å². The summed E-state index contributed by atoms with van der Waals surface area (Å²) in [5.74, 6) is -0.738. The molecule has 0 bridgehead atoms. The Balaban J connectivity index is 2.97. The van der Waals surface area contributed by atoms with E-state index < -0.39 is 21.7 Å². The summed E-state index contributed by atoms with van der Waals surface area (Å²) in [6.07, 6.45) is 6.00. The van der Waals surface area contributed by atoms with Gasteiger partial charge >= 0.3 is 0 Å². The molecule has 2 atom stereocenters. The van der Waals surface area contributed by atoms with Crippen LogP contribution in [0.15, 0.2) is 24.4 Å². The van der Waals surface area contributed by atoms with Gasteiger partial charge in [-0.25, -0.2) is 13.9 Å². The van der Waals surface area contributed by atoms with E-state index in [0.717, 1.165) is 0 Å². The predicted molar refractivity (Wildman–Crippen MR) is 88.4 cm³/mol. The molecule has 0 aliphatic heterocycles. The van der Waals surface area contributed by atoms with Crippen molar-refractivity contribution in [2.24, 2.45) is 0 Å². The number of nitrogens with zero attached hydrogens (tertiary/aromatic N) is 1. The van der Waals surface area contributed by atoms with Gasteiger partial charge in [-0.05, 0) is 45.2 Å². The molecule has 0 radical (unpaired) electrons. The van der Waals surface area contributed by atoms with E-state index in [1.54, 1.807) is 12.1 Å². The zero-order chi connectivity index (χ0) is 16.8. The van der Waals surface area contributed by atoms with E-state index in [9.17, 15) is 8.60 Å². The summed E-state index contributed by atoms with van der Waals surface area (Å²) in [5.41, 5.74) is 0.532. The Bertz CT molecular complexity index is 547. The van der Waals surface area contributed by atoms with Gasteiger partial charge in [0.2, 0.25) is 5.95 Å². The third-order valence-electron chi connectivity index (χ3n) is 2.95. The second kappa shape index (κ2) is 8.72. The molecule has 22 heavy (non-hydrogen) atoms. The van der Waals surface area contributed by atoms with Crippen molar-refractivity contribution >= 4 is 22.6 Å². The van der Waals surface area contributed by atoms with Crippen molar-refractivity contribution in [1.82, 2.24) is 9.71 Å². The molecule has 1 aromatic heterocycles. The fourth-order valence-corrected chi connectivity index (χ4v) is 2.84. The number of nitrogens with one attached hydrogen (secondary N) is 1. The zero-order valence-corrected chi connectivity index (χ0v) is 14.5. The molecular formula is C15H22ClFN2O2S. The van der Waals surface area contributed by atoms with Gasteiger partial charge in [-0.15, -0.1) is 0 Å². The minimum Gasteiger partial charge on any atom is -0.392 e. The van der Waals surface area contributed by atoms with Gasteiger partial charge in [-0.1, -0.05) is 23.8 Å². The van der Waals surface area contributed by atoms with Crippen molar-refractivity contribution in [2.45, 2.75) is 44.4 Å². The zero-order valence-electron chi connectivity index (χ0n) is 13.0.